The largest absolute Gasteiger partial charge is 0.329 e. The highest BCUT2D eigenvalue weighted by Gasteiger charge is 2.29. The van der Waals surface area contributed by atoms with Gasteiger partial charge in [-0.05, 0) is 19.3 Å². The number of H-pyrrole nitrogens is 1. The molecule has 1 heterocycles. The minimum Gasteiger partial charge on any atom is -0.298 e. The number of aromatic amines is 1. The van der Waals surface area contributed by atoms with Crippen molar-refractivity contribution in [3.8, 4) is 0 Å². The van der Waals surface area contributed by atoms with Gasteiger partial charge in [0.05, 0.1) is 5.54 Å². The first-order valence-electron chi connectivity index (χ1n) is 5.53. The fourth-order valence-electron chi connectivity index (χ4n) is 2.14. The van der Waals surface area contributed by atoms with E-state index in [0.29, 0.717) is 0 Å². The fourth-order valence-corrected chi connectivity index (χ4v) is 2.31. The quantitative estimate of drug-likeness (QED) is 0.825. The van der Waals surface area contributed by atoms with Crippen molar-refractivity contribution < 1.29 is 0 Å². The highest BCUT2D eigenvalue weighted by atomic mass is 35.5. The SMILES string of the molecule is CCC(CC)(CC)n1c(=O)cc(Cl)[nH]c1=O. The van der Waals surface area contributed by atoms with Crippen LogP contribution in [0.4, 0.5) is 0 Å². The van der Waals surface area contributed by atoms with Crippen molar-refractivity contribution in [2.24, 2.45) is 0 Å². The summed E-state index contributed by atoms with van der Waals surface area (Å²) in [5.74, 6) is 0. The number of halogens is 1. The fraction of sp³-hybridized carbons (Fsp3) is 0.636. The monoisotopic (exact) mass is 244 g/mol. The topological polar surface area (TPSA) is 54.9 Å². The lowest BCUT2D eigenvalue weighted by Crippen LogP contribution is -2.48. The maximum Gasteiger partial charge on any atom is 0.329 e. The van der Waals surface area contributed by atoms with E-state index in [1.807, 2.05) is 20.8 Å². The summed E-state index contributed by atoms with van der Waals surface area (Å²) in [5.41, 5.74) is -1.17. The van der Waals surface area contributed by atoms with E-state index in [4.69, 9.17) is 11.6 Å². The van der Waals surface area contributed by atoms with Crippen LogP contribution in [0.5, 0.6) is 0 Å². The van der Waals surface area contributed by atoms with Gasteiger partial charge in [-0.15, -0.1) is 0 Å². The summed E-state index contributed by atoms with van der Waals surface area (Å²) in [7, 11) is 0. The normalized spacial score (nSPS) is 11.8. The second-order valence-corrected chi connectivity index (χ2v) is 4.29. The van der Waals surface area contributed by atoms with E-state index in [2.05, 4.69) is 4.98 Å². The summed E-state index contributed by atoms with van der Waals surface area (Å²) in [6, 6.07) is 1.25. The van der Waals surface area contributed by atoms with E-state index in [1.165, 1.54) is 10.6 Å². The second kappa shape index (κ2) is 4.87. The zero-order valence-corrected chi connectivity index (χ0v) is 10.6. The summed E-state index contributed by atoms with van der Waals surface area (Å²) in [4.78, 5) is 26.1. The first kappa shape index (κ1) is 13.0. The van der Waals surface area contributed by atoms with E-state index in [9.17, 15) is 9.59 Å². The van der Waals surface area contributed by atoms with E-state index < -0.39 is 11.2 Å². The molecule has 0 spiro atoms. The number of rotatable bonds is 4. The molecule has 0 radical (unpaired) electrons. The summed E-state index contributed by atoms with van der Waals surface area (Å²) >= 11 is 5.63. The molecule has 0 saturated carbocycles. The summed E-state index contributed by atoms with van der Waals surface area (Å²) in [5, 5.41) is 0.0865. The van der Waals surface area contributed by atoms with Crippen LogP contribution in [0.15, 0.2) is 15.7 Å². The highest BCUT2D eigenvalue weighted by Crippen LogP contribution is 2.25. The van der Waals surface area contributed by atoms with Gasteiger partial charge < -0.3 is 0 Å². The molecule has 1 rings (SSSR count). The Kier molecular flexibility index (Phi) is 3.97. The third-order valence-electron chi connectivity index (χ3n) is 3.35. The number of hydrogen-bond donors (Lipinski definition) is 1. The Morgan fingerprint density at radius 1 is 1.25 bits per heavy atom. The van der Waals surface area contributed by atoms with Crippen LogP contribution < -0.4 is 11.2 Å². The van der Waals surface area contributed by atoms with Gasteiger partial charge >= 0.3 is 5.69 Å². The Hall–Kier alpha value is -1.03. The molecule has 0 aliphatic rings. The molecule has 1 aromatic rings. The summed E-state index contributed by atoms with van der Waals surface area (Å²) in [6.45, 7) is 5.94. The van der Waals surface area contributed by atoms with Gasteiger partial charge in [-0.1, -0.05) is 32.4 Å². The van der Waals surface area contributed by atoms with Crippen LogP contribution in [0.25, 0.3) is 0 Å². The van der Waals surface area contributed by atoms with Crippen LogP contribution in [0, 0.1) is 0 Å². The maximum absolute atomic E-state index is 11.8. The molecule has 0 aliphatic carbocycles. The van der Waals surface area contributed by atoms with Crippen molar-refractivity contribution in [3.63, 3.8) is 0 Å². The average Bonchev–Trinajstić information content (AvgIpc) is 2.23. The van der Waals surface area contributed by atoms with Crippen LogP contribution in [0.3, 0.4) is 0 Å². The molecule has 0 bridgehead atoms. The van der Waals surface area contributed by atoms with Crippen LogP contribution >= 0.6 is 11.6 Å². The Balaban J connectivity index is 3.54. The van der Waals surface area contributed by atoms with Gasteiger partial charge in [0.2, 0.25) is 0 Å². The molecular formula is C11H17ClN2O2. The summed E-state index contributed by atoms with van der Waals surface area (Å²) in [6.07, 6.45) is 2.22. The third kappa shape index (κ3) is 2.07. The standard InChI is InChI=1S/C11H17ClN2O2/c1-4-11(5-2,6-3)14-9(15)7-8(12)13-10(14)16/h7H,4-6H2,1-3H3,(H,13,16). The van der Waals surface area contributed by atoms with Crippen LogP contribution in [-0.2, 0) is 5.54 Å². The van der Waals surface area contributed by atoms with Crippen molar-refractivity contribution in [1.82, 2.24) is 9.55 Å². The lowest BCUT2D eigenvalue weighted by atomic mass is 9.89. The maximum atomic E-state index is 11.8. The lowest BCUT2D eigenvalue weighted by molar-refractivity contribution is 0.232. The molecule has 0 fully saturated rings. The number of aromatic nitrogens is 2. The van der Waals surface area contributed by atoms with Crippen molar-refractivity contribution >= 4 is 11.6 Å². The van der Waals surface area contributed by atoms with Crippen molar-refractivity contribution in [3.05, 3.63) is 32.1 Å². The van der Waals surface area contributed by atoms with Gasteiger partial charge in [-0.25, -0.2) is 4.79 Å². The molecule has 0 amide bonds. The van der Waals surface area contributed by atoms with Crippen molar-refractivity contribution in [2.75, 3.05) is 0 Å². The van der Waals surface area contributed by atoms with Crippen LogP contribution in [0.1, 0.15) is 40.0 Å². The van der Waals surface area contributed by atoms with E-state index in [1.54, 1.807) is 0 Å². The second-order valence-electron chi connectivity index (χ2n) is 3.88. The Morgan fingerprint density at radius 3 is 2.12 bits per heavy atom. The van der Waals surface area contributed by atoms with Gasteiger partial charge in [0.25, 0.3) is 5.56 Å². The zero-order valence-electron chi connectivity index (χ0n) is 9.84. The number of nitrogens with zero attached hydrogens (tertiary/aromatic N) is 1. The number of nitrogens with one attached hydrogen (secondary N) is 1. The minimum atomic E-state index is -0.428. The average molecular weight is 245 g/mol. The van der Waals surface area contributed by atoms with E-state index in [0.717, 1.165) is 19.3 Å². The Labute approximate surface area is 99.3 Å². The van der Waals surface area contributed by atoms with Crippen molar-refractivity contribution in [1.29, 1.82) is 0 Å². The van der Waals surface area contributed by atoms with Gasteiger partial charge in [-0.2, -0.15) is 0 Å². The lowest BCUT2D eigenvalue weighted by Gasteiger charge is -2.31. The smallest absolute Gasteiger partial charge is 0.298 e. The molecule has 0 unspecified atom stereocenters. The highest BCUT2D eigenvalue weighted by molar-refractivity contribution is 6.29. The minimum absolute atomic E-state index is 0.0865. The molecule has 4 nitrogen and oxygen atoms in total. The first-order valence-corrected chi connectivity index (χ1v) is 5.91. The third-order valence-corrected chi connectivity index (χ3v) is 3.55. The molecule has 1 N–H and O–H groups in total. The van der Waals surface area contributed by atoms with Gasteiger partial charge in [0, 0.05) is 6.07 Å². The van der Waals surface area contributed by atoms with Gasteiger partial charge in [0.15, 0.2) is 0 Å². The van der Waals surface area contributed by atoms with E-state index in [-0.39, 0.29) is 10.7 Å². The molecule has 0 atom stereocenters. The molecule has 16 heavy (non-hydrogen) atoms. The molecule has 1 aromatic heterocycles. The molecule has 5 heteroatoms. The predicted molar refractivity (Wildman–Crippen MR) is 65.2 cm³/mol. The van der Waals surface area contributed by atoms with Gasteiger partial charge in [-0.3, -0.25) is 14.3 Å². The van der Waals surface area contributed by atoms with E-state index >= 15 is 0 Å². The van der Waals surface area contributed by atoms with Crippen molar-refractivity contribution in [2.45, 2.75) is 45.6 Å². The number of hydrogen-bond acceptors (Lipinski definition) is 2. The molecule has 0 aromatic carbocycles. The van der Waals surface area contributed by atoms with Gasteiger partial charge in [0.1, 0.15) is 5.15 Å². The Morgan fingerprint density at radius 2 is 1.75 bits per heavy atom. The zero-order chi connectivity index (χ0) is 12.3. The molecule has 0 aliphatic heterocycles. The Bertz CT molecular complexity index is 432. The predicted octanol–water partition coefficient (Wildman–Crippen LogP) is 2.12. The van der Waals surface area contributed by atoms with Crippen LogP contribution in [0.2, 0.25) is 5.15 Å². The molecule has 0 saturated heterocycles. The molecular weight excluding hydrogens is 228 g/mol. The molecule has 90 valence electrons. The summed E-state index contributed by atoms with van der Waals surface area (Å²) < 4.78 is 1.29. The first-order chi connectivity index (χ1) is 7.50. The van der Waals surface area contributed by atoms with Crippen LogP contribution in [-0.4, -0.2) is 9.55 Å².